The minimum Gasteiger partial charge on any atom is -0.384 e. The van der Waals surface area contributed by atoms with Crippen LogP contribution < -0.4 is 17.0 Å². The van der Waals surface area contributed by atoms with Gasteiger partial charge in [-0.3, -0.25) is 18.7 Å². The van der Waals surface area contributed by atoms with Crippen LogP contribution in [0.25, 0.3) is 10.9 Å². The van der Waals surface area contributed by atoms with Crippen LogP contribution in [-0.4, -0.2) is 25.7 Å². The molecule has 2 heterocycles. The number of hydrogen-bond donors (Lipinski definition) is 1. The van der Waals surface area contributed by atoms with Gasteiger partial charge in [0.25, 0.3) is 5.56 Å². The van der Waals surface area contributed by atoms with Crippen molar-refractivity contribution in [3.05, 3.63) is 98.2 Å². The lowest BCUT2D eigenvalue weighted by Gasteiger charge is -2.14. The third-order valence-electron chi connectivity index (χ3n) is 5.30. The maximum absolute atomic E-state index is 13.0. The van der Waals surface area contributed by atoms with E-state index in [1.807, 2.05) is 67.6 Å². The lowest BCUT2D eigenvalue weighted by Crippen LogP contribution is -2.43. The smallest absolute Gasteiger partial charge is 0.332 e. The fourth-order valence-electron chi connectivity index (χ4n) is 3.57. The molecule has 32 heavy (non-hydrogen) atoms. The summed E-state index contributed by atoms with van der Waals surface area (Å²) in [4.78, 5) is 43.0. The molecule has 4 rings (SSSR count). The highest BCUT2D eigenvalue weighted by Crippen LogP contribution is 2.24. The number of fused-ring (bicyclic) bond motifs is 1. The molecule has 2 N–H and O–H groups in total. The van der Waals surface area contributed by atoms with E-state index in [1.165, 1.54) is 23.4 Å². The molecule has 2 aromatic carbocycles. The van der Waals surface area contributed by atoms with Crippen molar-refractivity contribution in [2.45, 2.75) is 18.5 Å². The molecule has 0 aliphatic carbocycles. The van der Waals surface area contributed by atoms with Gasteiger partial charge in [-0.05, 0) is 30.2 Å². The number of thioether (sulfide) groups is 1. The molecule has 0 amide bonds. The molecule has 0 fully saturated rings. The predicted molar refractivity (Wildman–Crippen MR) is 127 cm³/mol. The molecule has 0 spiro atoms. The fraction of sp³-hybridized carbons (Fsp3) is 0.167. The van der Waals surface area contributed by atoms with Gasteiger partial charge in [-0.25, -0.2) is 9.78 Å². The van der Waals surface area contributed by atoms with Gasteiger partial charge >= 0.3 is 5.69 Å². The van der Waals surface area contributed by atoms with Crippen LogP contribution in [0, 0.1) is 6.92 Å². The van der Waals surface area contributed by atoms with E-state index in [0.29, 0.717) is 5.03 Å². The maximum Gasteiger partial charge on any atom is 0.332 e. The monoisotopic (exact) mass is 446 g/mol. The molecule has 4 aromatic rings. The van der Waals surface area contributed by atoms with E-state index in [1.54, 1.807) is 0 Å². The number of carbonyl (C=O) groups excluding carboxylic acids is 1. The van der Waals surface area contributed by atoms with Crippen LogP contribution in [0.3, 0.4) is 0 Å². The third kappa shape index (κ3) is 4.09. The number of pyridine rings is 1. The summed E-state index contributed by atoms with van der Waals surface area (Å²) in [5.74, 6) is -0.578. The van der Waals surface area contributed by atoms with Gasteiger partial charge in [0, 0.05) is 12.4 Å². The van der Waals surface area contributed by atoms with Crippen LogP contribution in [0.5, 0.6) is 0 Å². The maximum atomic E-state index is 13.0. The second-order valence-electron chi connectivity index (χ2n) is 7.49. The summed E-state index contributed by atoms with van der Waals surface area (Å²) < 4.78 is 2.18. The molecule has 2 aromatic heterocycles. The molecule has 0 unspecified atom stereocenters. The first-order valence-electron chi connectivity index (χ1n) is 10.0. The Morgan fingerprint density at radius 2 is 1.75 bits per heavy atom. The van der Waals surface area contributed by atoms with Crippen molar-refractivity contribution in [1.29, 1.82) is 0 Å². The second kappa shape index (κ2) is 8.84. The molecule has 8 heteroatoms. The molecule has 0 aliphatic heterocycles. The Morgan fingerprint density at radius 3 is 2.50 bits per heavy atom. The van der Waals surface area contributed by atoms with E-state index in [2.05, 4.69) is 4.98 Å². The van der Waals surface area contributed by atoms with Crippen molar-refractivity contribution in [2.24, 2.45) is 7.05 Å². The van der Waals surface area contributed by atoms with Crippen LogP contribution in [0.2, 0.25) is 0 Å². The zero-order chi connectivity index (χ0) is 22.8. The van der Waals surface area contributed by atoms with E-state index >= 15 is 0 Å². The summed E-state index contributed by atoms with van der Waals surface area (Å²) in [6, 6.07) is 19.0. The van der Waals surface area contributed by atoms with Crippen LogP contribution in [0.15, 0.2) is 75.3 Å². The van der Waals surface area contributed by atoms with Gasteiger partial charge in [-0.15, -0.1) is 0 Å². The Balaban J connectivity index is 1.65. The Hall–Kier alpha value is -3.65. The van der Waals surface area contributed by atoms with Crippen LogP contribution in [0.1, 0.15) is 21.5 Å². The van der Waals surface area contributed by atoms with E-state index in [4.69, 9.17) is 5.73 Å². The summed E-state index contributed by atoms with van der Waals surface area (Å²) in [6.07, 6.45) is 0. The number of ketones is 1. The zero-order valence-electron chi connectivity index (χ0n) is 17.7. The number of hydrogen-bond acceptors (Lipinski definition) is 6. The number of anilines is 1. The number of Topliss-reactive ketones (excluding diaryl/α,β-unsaturated/α-hetero) is 1. The van der Waals surface area contributed by atoms with Crippen LogP contribution in [-0.2, 0) is 13.6 Å². The molecule has 0 radical (unpaired) electrons. The molecular formula is C24H22N4O3S. The van der Waals surface area contributed by atoms with E-state index < -0.39 is 17.0 Å². The zero-order valence-corrected chi connectivity index (χ0v) is 18.6. The minimum atomic E-state index is -0.690. The Morgan fingerprint density at radius 1 is 1.06 bits per heavy atom. The highest BCUT2D eigenvalue weighted by Gasteiger charge is 2.22. The SMILES string of the molecule is Cc1cc(SCC(=O)c2c(N)n(Cc3ccccc3)c(=O)n(C)c2=O)nc2ccccc12. The first-order valence-corrected chi connectivity index (χ1v) is 11.0. The van der Waals surface area contributed by atoms with Crippen molar-refractivity contribution in [3.63, 3.8) is 0 Å². The summed E-state index contributed by atoms with van der Waals surface area (Å²) in [5.41, 5.74) is 7.48. The second-order valence-corrected chi connectivity index (χ2v) is 8.48. The summed E-state index contributed by atoms with van der Waals surface area (Å²) in [7, 11) is 1.35. The largest absolute Gasteiger partial charge is 0.384 e. The first-order chi connectivity index (χ1) is 15.4. The van der Waals surface area contributed by atoms with Crippen molar-refractivity contribution in [2.75, 3.05) is 11.5 Å². The molecule has 162 valence electrons. The highest BCUT2D eigenvalue weighted by molar-refractivity contribution is 7.99. The lowest BCUT2D eigenvalue weighted by molar-refractivity contribution is 0.102. The number of nitrogen functional groups attached to an aromatic ring is 1. The Bertz CT molecular complexity index is 1440. The number of benzene rings is 2. The topological polar surface area (TPSA) is 100.0 Å². The third-order valence-corrected chi connectivity index (χ3v) is 6.21. The minimum absolute atomic E-state index is 0.0201. The van der Waals surface area contributed by atoms with E-state index in [-0.39, 0.29) is 23.7 Å². The van der Waals surface area contributed by atoms with Gasteiger partial charge in [-0.1, -0.05) is 60.3 Å². The van der Waals surface area contributed by atoms with Gasteiger partial charge in [0.15, 0.2) is 5.78 Å². The van der Waals surface area contributed by atoms with Crippen molar-refractivity contribution < 1.29 is 4.79 Å². The van der Waals surface area contributed by atoms with Gasteiger partial charge in [0.05, 0.1) is 22.8 Å². The molecule has 0 saturated heterocycles. The van der Waals surface area contributed by atoms with Gasteiger partial charge < -0.3 is 5.73 Å². The Labute approximate surface area is 188 Å². The van der Waals surface area contributed by atoms with Crippen LogP contribution >= 0.6 is 11.8 Å². The summed E-state index contributed by atoms with van der Waals surface area (Å²) in [5, 5.41) is 1.73. The van der Waals surface area contributed by atoms with Crippen molar-refractivity contribution in [3.8, 4) is 0 Å². The van der Waals surface area contributed by atoms with E-state index in [9.17, 15) is 14.4 Å². The van der Waals surface area contributed by atoms with Gasteiger partial charge in [0.2, 0.25) is 0 Å². The summed E-state index contributed by atoms with van der Waals surface area (Å²) in [6.45, 7) is 2.15. The molecule has 0 atom stereocenters. The number of aryl methyl sites for hydroxylation is 1. The fourth-order valence-corrected chi connectivity index (χ4v) is 4.41. The Kier molecular flexibility index (Phi) is 5.96. The van der Waals surface area contributed by atoms with Gasteiger partial charge in [-0.2, -0.15) is 0 Å². The number of aromatic nitrogens is 3. The number of nitrogens with two attached hydrogens (primary N) is 1. The van der Waals surface area contributed by atoms with Crippen LogP contribution in [0.4, 0.5) is 5.82 Å². The highest BCUT2D eigenvalue weighted by atomic mass is 32.2. The van der Waals surface area contributed by atoms with E-state index in [0.717, 1.165) is 26.6 Å². The quantitative estimate of drug-likeness (QED) is 0.361. The number of carbonyl (C=O) groups is 1. The molecule has 0 bridgehead atoms. The van der Waals surface area contributed by atoms with Crippen molar-refractivity contribution >= 4 is 34.3 Å². The molecule has 0 aliphatic rings. The lowest BCUT2D eigenvalue weighted by atomic mass is 10.1. The number of rotatable bonds is 6. The molecular weight excluding hydrogens is 424 g/mol. The van der Waals surface area contributed by atoms with Gasteiger partial charge in [0.1, 0.15) is 11.4 Å². The van der Waals surface area contributed by atoms with Crippen molar-refractivity contribution in [1.82, 2.24) is 14.1 Å². The molecule has 0 saturated carbocycles. The standard InChI is InChI=1S/C24H22N4O3S/c1-15-12-20(26-18-11-7-6-10-17(15)18)32-14-19(29)21-22(25)28(24(31)27(2)23(21)30)13-16-8-4-3-5-9-16/h3-12H,13-14,25H2,1-2H3. The predicted octanol–water partition coefficient (Wildman–Crippen LogP) is 3.01. The number of nitrogens with zero attached hydrogens (tertiary/aromatic N) is 3. The average Bonchev–Trinajstić information content (AvgIpc) is 2.80. The number of para-hydroxylation sites is 1. The average molecular weight is 447 g/mol. The summed E-state index contributed by atoms with van der Waals surface area (Å²) >= 11 is 1.24. The molecule has 7 nitrogen and oxygen atoms in total. The first kappa shape index (κ1) is 21.6. The normalized spacial score (nSPS) is 11.1.